The SMILES string of the molecule is O=C(OCCOCCOCCOCCOCCOCCOCCBr)C(=O)c1ccccc1. The van der Waals surface area contributed by atoms with E-state index in [0.29, 0.717) is 78.2 Å². The van der Waals surface area contributed by atoms with E-state index in [1.54, 1.807) is 30.3 Å². The van der Waals surface area contributed by atoms with Crippen molar-refractivity contribution in [3.63, 3.8) is 0 Å². The molecule has 0 aliphatic heterocycles. The van der Waals surface area contributed by atoms with Crippen molar-refractivity contribution in [2.75, 3.05) is 91.2 Å². The number of carbonyl (C=O) groups is 2. The summed E-state index contributed by atoms with van der Waals surface area (Å²) in [6, 6.07) is 8.27. The second-order valence-electron chi connectivity index (χ2n) is 6.19. The largest absolute Gasteiger partial charge is 0.457 e. The van der Waals surface area contributed by atoms with E-state index in [9.17, 15) is 9.59 Å². The van der Waals surface area contributed by atoms with E-state index in [2.05, 4.69) is 15.9 Å². The maximum atomic E-state index is 11.8. The van der Waals surface area contributed by atoms with Gasteiger partial charge in [0.05, 0.1) is 79.3 Å². The zero-order chi connectivity index (χ0) is 23.1. The monoisotopic (exact) mass is 520 g/mol. The molecule has 0 saturated heterocycles. The van der Waals surface area contributed by atoms with Crippen LogP contribution in [0.1, 0.15) is 10.4 Å². The number of benzene rings is 1. The number of esters is 1. The molecule has 10 heteroatoms. The van der Waals surface area contributed by atoms with Gasteiger partial charge in [0.1, 0.15) is 6.61 Å². The van der Waals surface area contributed by atoms with Gasteiger partial charge in [0, 0.05) is 10.9 Å². The molecule has 1 aromatic carbocycles. The average molecular weight is 521 g/mol. The second kappa shape index (κ2) is 21.4. The van der Waals surface area contributed by atoms with Gasteiger partial charge in [-0.05, 0) is 0 Å². The Hall–Kier alpha value is -1.40. The smallest absolute Gasteiger partial charge is 0.379 e. The molecule has 0 atom stereocenters. The summed E-state index contributed by atoms with van der Waals surface area (Å²) in [5, 5.41) is 0.827. The predicted octanol–water partition coefficient (Wildman–Crippen LogP) is 1.91. The van der Waals surface area contributed by atoms with Crippen molar-refractivity contribution in [1.29, 1.82) is 0 Å². The Morgan fingerprint density at radius 3 is 1.34 bits per heavy atom. The fourth-order valence-electron chi connectivity index (χ4n) is 2.22. The van der Waals surface area contributed by atoms with Crippen molar-refractivity contribution in [3.05, 3.63) is 35.9 Å². The fourth-order valence-corrected chi connectivity index (χ4v) is 2.45. The van der Waals surface area contributed by atoms with E-state index in [1.807, 2.05) is 0 Å². The van der Waals surface area contributed by atoms with E-state index in [1.165, 1.54) is 0 Å². The highest BCUT2D eigenvalue weighted by atomic mass is 79.9. The molecule has 182 valence electrons. The highest BCUT2D eigenvalue weighted by molar-refractivity contribution is 9.09. The van der Waals surface area contributed by atoms with E-state index < -0.39 is 11.8 Å². The van der Waals surface area contributed by atoms with E-state index in [0.717, 1.165) is 5.33 Å². The minimum Gasteiger partial charge on any atom is -0.457 e. The topological polar surface area (TPSA) is 98.8 Å². The van der Waals surface area contributed by atoms with Crippen molar-refractivity contribution in [3.8, 4) is 0 Å². The zero-order valence-electron chi connectivity index (χ0n) is 18.3. The van der Waals surface area contributed by atoms with Crippen LogP contribution in [0, 0.1) is 0 Å². The molecule has 0 spiro atoms. The Kier molecular flexibility index (Phi) is 19.2. The number of halogens is 1. The van der Waals surface area contributed by atoms with Crippen LogP contribution >= 0.6 is 15.9 Å². The first-order valence-corrected chi connectivity index (χ1v) is 11.7. The Balaban J connectivity index is 1.77. The summed E-state index contributed by atoms with van der Waals surface area (Å²) in [5.74, 6) is -1.56. The molecule has 32 heavy (non-hydrogen) atoms. The van der Waals surface area contributed by atoms with Gasteiger partial charge in [0.2, 0.25) is 0 Å². The summed E-state index contributed by atoms with van der Waals surface area (Å²) in [4.78, 5) is 23.5. The molecule has 0 radical (unpaired) electrons. The molecule has 0 aliphatic carbocycles. The Bertz CT molecular complexity index is 586. The van der Waals surface area contributed by atoms with Crippen molar-refractivity contribution >= 4 is 27.7 Å². The maximum absolute atomic E-state index is 11.8. The summed E-state index contributed by atoms with van der Waals surface area (Å²) in [6.07, 6.45) is 0. The zero-order valence-corrected chi connectivity index (χ0v) is 19.9. The Morgan fingerprint density at radius 2 is 0.938 bits per heavy atom. The van der Waals surface area contributed by atoms with Crippen LogP contribution in [0.3, 0.4) is 0 Å². The molecule has 0 saturated carbocycles. The molecule has 0 heterocycles. The third-order valence-electron chi connectivity index (χ3n) is 3.76. The summed E-state index contributed by atoms with van der Waals surface area (Å²) < 4.78 is 36.9. The summed E-state index contributed by atoms with van der Waals surface area (Å²) in [6.45, 7) is 5.73. The molecular weight excluding hydrogens is 488 g/mol. The summed E-state index contributed by atoms with van der Waals surface area (Å²) in [7, 11) is 0. The molecule has 0 bridgehead atoms. The van der Waals surface area contributed by atoms with Crippen molar-refractivity contribution in [2.45, 2.75) is 0 Å². The number of Topliss-reactive ketones (excluding diaryl/α,β-unsaturated/α-hetero) is 1. The van der Waals surface area contributed by atoms with Crippen LogP contribution in [-0.4, -0.2) is 103 Å². The van der Waals surface area contributed by atoms with Gasteiger partial charge in [-0.15, -0.1) is 0 Å². The van der Waals surface area contributed by atoms with Crippen LogP contribution in [0.4, 0.5) is 0 Å². The molecule has 0 N–H and O–H groups in total. The van der Waals surface area contributed by atoms with Crippen LogP contribution in [-0.2, 0) is 38.0 Å². The predicted molar refractivity (Wildman–Crippen MR) is 120 cm³/mol. The number of hydrogen-bond donors (Lipinski definition) is 0. The van der Waals surface area contributed by atoms with Gasteiger partial charge in [-0.3, -0.25) is 4.79 Å². The van der Waals surface area contributed by atoms with Crippen LogP contribution in [0.5, 0.6) is 0 Å². The first-order chi connectivity index (χ1) is 15.8. The second-order valence-corrected chi connectivity index (χ2v) is 6.99. The van der Waals surface area contributed by atoms with E-state index in [4.69, 9.17) is 33.2 Å². The molecular formula is C22H33BrO9. The first-order valence-electron chi connectivity index (χ1n) is 10.5. The lowest BCUT2D eigenvalue weighted by molar-refractivity contribution is -0.139. The normalized spacial score (nSPS) is 10.9. The lowest BCUT2D eigenvalue weighted by Crippen LogP contribution is -2.20. The number of ether oxygens (including phenoxy) is 7. The molecule has 0 amide bonds. The standard InChI is InChI=1S/C22H33BrO9/c23-6-7-26-8-9-27-10-11-28-12-13-29-14-15-30-16-17-31-18-19-32-22(25)21(24)20-4-2-1-3-5-20/h1-5H,6-19H2. The van der Waals surface area contributed by atoms with Crippen LogP contribution < -0.4 is 0 Å². The van der Waals surface area contributed by atoms with E-state index in [-0.39, 0.29) is 13.2 Å². The fraction of sp³-hybridized carbons (Fsp3) is 0.636. The lowest BCUT2D eigenvalue weighted by atomic mass is 10.1. The molecule has 0 fully saturated rings. The molecule has 0 aromatic heterocycles. The summed E-state index contributed by atoms with van der Waals surface area (Å²) in [5.41, 5.74) is 0.303. The number of alkyl halides is 1. The number of rotatable bonds is 22. The number of hydrogen-bond acceptors (Lipinski definition) is 9. The molecule has 9 nitrogen and oxygen atoms in total. The summed E-state index contributed by atoms with van der Waals surface area (Å²) >= 11 is 3.28. The molecule has 0 aliphatic rings. The molecule has 1 rings (SSSR count). The first kappa shape index (κ1) is 28.6. The van der Waals surface area contributed by atoms with Gasteiger partial charge in [-0.1, -0.05) is 46.3 Å². The van der Waals surface area contributed by atoms with E-state index >= 15 is 0 Å². The van der Waals surface area contributed by atoms with Gasteiger partial charge in [-0.25, -0.2) is 4.79 Å². The Morgan fingerprint density at radius 1 is 0.562 bits per heavy atom. The molecule has 0 unspecified atom stereocenters. The van der Waals surface area contributed by atoms with Gasteiger partial charge < -0.3 is 33.2 Å². The number of carbonyl (C=O) groups excluding carboxylic acids is 2. The van der Waals surface area contributed by atoms with Gasteiger partial charge in [0.25, 0.3) is 5.78 Å². The highest BCUT2D eigenvalue weighted by Gasteiger charge is 2.16. The third kappa shape index (κ3) is 16.3. The van der Waals surface area contributed by atoms with Gasteiger partial charge in [-0.2, -0.15) is 0 Å². The van der Waals surface area contributed by atoms with Crippen molar-refractivity contribution in [2.24, 2.45) is 0 Å². The van der Waals surface area contributed by atoms with Crippen LogP contribution in [0.2, 0.25) is 0 Å². The highest BCUT2D eigenvalue weighted by Crippen LogP contribution is 2.01. The minimum atomic E-state index is -0.889. The molecule has 1 aromatic rings. The van der Waals surface area contributed by atoms with Crippen molar-refractivity contribution < 1.29 is 42.7 Å². The van der Waals surface area contributed by atoms with Crippen LogP contribution in [0.15, 0.2) is 30.3 Å². The third-order valence-corrected chi connectivity index (χ3v) is 4.09. The lowest BCUT2D eigenvalue weighted by Gasteiger charge is -2.08. The van der Waals surface area contributed by atoms with Gasteiger partial charge >= 0.3 is 5.97 Å². The van der Waals surface area contributed by atoms with Crippen LogP contribution in [0.25, 0.3) is 0 Å². The number of ketones is 1. The quantitative estimate of drug-likeness (QED) is 0.0745. The average Bonchev–Trinajstić information content (AvgIpc) is 2.82. The maximum Gasteiger partial charge on any atom is 0.379 e. The van der Waals surface area contributed by atoms with Crippen molar-refractivity contribution in [1.82, 2.24) is 0 Å². The Labute approximate surface area is 197 Å². The minimum absolute atomic E-state index is 0.0104. The van der Waals surface area contributed by atoms with Gasteiger partial charge in [0.15, 0.2) is 0 Å².